The van der Waals surface area contributed by atoms with E-state index < -0.39 is 0 Å². The number of hydrogen-bond acceptors (Lipinski definition) is 4. The molecule has 2 atom stereocenters. The zero-order chi connectivity index (χ0) is 11.1. The zero-order valence-electron chi connectivity index (χ0n) is 9.46. The molecule has 2 heterocycles. The fourth-order valence-corrected chi connectivity index (χ4v) is 2.40. The summed E-state index contributed by atoms with van der Waals surface area (Å²) in [5, 5.41) is 17.5. The number of ether oxygens (including phenoxy) is 1. The van der Waals surface area contributed by atoms with Crippen LogP contribution in [-0.2, 0) is 11.3 Å². The molecule has 2 unspecified atom stereocenters. The molecule has 0 aromatic carbocycles. The Bertz CT molecular complexity index is 387. The van der Waals surface area contributed by atoms with Crippen LogP contribution in [-0.4, -0.2) is 26.5 Å². The summed E-state index contributed by atoms with van der Waals surface area (Å²) in [6.07, 6.45) is 3.47. The minimum Gasteiger partial charge on any atom is -0.388 e. The van der Waals surface area contributed by atoms with Gasteiger partial charge in [0.15, 0.2) is 11.6 Å². The van der Waals surface area contributed by atoms with E-state index in [-0.39, 0.29) is 12.7 Å². The smallest absolute Gasteiger partial charge is 0.162 e. The molecule has 88 valence electrons. The van der Waals surface area contributed by atoms with Crippen molar-refractivity contribution in [3.05, 3.63) is 11.6 Å². The predicted molar refractivity (Wildman–Crippen MR) is 56.7 cm³/mol. The topological polar surface area (TPSA) is 60.2 Å². The van der Waals surface area contributed by atoms with Gasteiger partial charge in [-0.2, -0.15) is 0 Å². The van der Waals surface area contributed by atoms with Crippen molar-refractivity contribution in [2.75, 3.05) is 6.61 Å². The van der Waals surface area contributed by atoms with E-state index in [0.29, 0.717) is 17.8 Å². The molecule has 1 aromatic rings. The van der Waals surface area contributed by atoms with Crippen LogP contribution in [0.1, 0.15) is 50.0 Å². The van der Waals surface area contributed by atoms with Crippen LogP contribution < -0.4 is 0 Å². The van der Waals surface area contributed by atoms with E-state index in [9.17, 15) is 5.11 Å². The first kappa shape index (κ1) is 10.2. The highest BCUT2D eigenvalue weighted by Gasteiger charge is 2.36. The first-order valence-electron chi connectivity index (χ1n) is 5.97. The zero-order valence-corrected chi connectivity index (χ0v) is 9.46. The number of aliphatic hydroxyl groups excluding tert-OH is 1. The van der Waals surface area contributed by atoms with Crippen molar-refractivity contribution in [3.8, 4) is 0 Å². The van der Waals surface area contributed by atoms with Crippen LogP contribution in [0.4, 0.5) is 0 Å². The highest BCUT2D eigenvalue weighted by Crippen LogP contribution is 2.41. The Balaban J connectivity index is 1.96. The van der Waals surface area contributed by atoms with Crippen molar-refractivity contribution >= 4 is 0 Å². The molecular formula is C11H17N3O2. The average molecular weight is 223 g/mol. The van der Waals surface area contributed by atoms with Gasteiger partial charge in [0, 0.05) is 12.6 Å². The van der Waals surface area contributed by atoms with Crippen LogP contribution in [0.15, 0.2) is 0 Å². The molecule has 1 saturated heterocycles. The molecule has 0 radical (unpaired) electrons. The fraction of sp³-hybridized carbons (Fsp3) is 0.818. The van der Waals surface area contributed by atoms with Gasteiger partial charge in [-0.05, 0) is 25.2 Å². The first-order valence-corrected chi connectivity index (χ1v) is 5.97. The molecule has 16 heavy (non-hydrogen) atoms. The monoisotopic (exact) mass is 223 g/mol. The molecular weight excluding hydrogens is 206 g/mol. The lowest BCUT2D eigenvalue weighted by molar-refractivity contribution is 0.0834. The van der Waals surface area contributed by atoms with E-state index in [1.807, 2.05) is 0 Å². The van der Waals surface area contributed by atoms with Crippen molar-refractivity contribution in [1.29, 1.82) is 0 Å². The molecule has 5 heteroatoms. The van der Waals surface area contributed by atoms with E-state index in [2.05, 4.69) is 21.7 Å². The molecule has 1 aromatic heterocycles. The Labute approximate surface area is 94.4 Å². The third-order valence-corrected chi connectivity index (χ3v) is 3.49. The molecule has 0 spiro atoms. The van der Waals surface area contributed by atoms with Gasteiger partial charge >= 0.3 is 0 Å². The summed E-state index contributed by atoms with van der Waals surface area (Å²) in [6.45, 7) is 2.95. The summed E-state index contributed by atoms with van der Waals surface area (Å²) in [5.41, 5.74) is 0. The Morgan fingerprint density at radius 1 is 1.38 bits per heavy atom. The molecule has 1 saturated carbocycles. The summed E-state index contributed by atoms with van der Waals surface area (Å²) in [7, 11) is 0. The molecule has 1 aliphatic carbocycles. The van der Waals surface area contributed by atoms with Crippen LogP contribution in [0.5, 0.6) is 0 Å². The lowest BCUT2D eigenvalue weighted by Crippen LogP contribution is -2.13. The van der Waals surface area contributed by atoms with E-state index in [0.717, 1.165) is 18.9 Å². The minimum absolute atomic E-state index is 0.0371. The van der Waals surface area contributed by atoms with Crippen molar-refractivity contribution in [1.82, 2.24) is 14.8 Å². The van der Waals surface area contributed by atoms with Crippen molar-refractivity contribution in [3.63, 3.8) is 0 Å². The summed E-state index contributed by atoms with van der Waals surface area (Å²) >= 11 is 0. The summed E-state index contributed by atoms with van der Waals surface area (Å²) in [6, 6.07) is 0.489. The molecule has 1 N–H and O–H groups in total. The van der Waals surface area contributed by atoms with E-state index in [1.54, 1.807) is 0 Å². The van der Waals surface area contributed by atoms with Gasteiger partial charge in [-0.25, -0.2) is 0 Å². The van der Waals surface area contributed by atoms with Crippen LogP contribution in [0.2, 0.25) is 0 Å². The molecule has 2 aliphatic rings. The molecule has 5 nitrogen and oxygen atoms in total. The third-order valence-electron chi connectivity index (χ3n) is 3.49. The number of rotatable bonds is 3. The van der Waals surface area contributed by atoms with E-state index in [1.165, 1.54) is 12.8 Å². The van der Waals surface area contributed by atoms with Gasteiger partial charge in [0.1, 0.15) is 12.7 Å². The van der Waals surface area contributed by atoms with Crippen LogP contribution in [0.25, 0.3) is 0 Å². The maximum absolute atomic E-state index is 9.25. The molecule has 0 amide bonds. The van der Waals surface area contributed by atoms with E-state index >= 15 is 0 Å². The highest BCUT2D eigenvalue weighted by molar-refractivity contribution is 5.06. The molecule has 0 bridgehead atoms. The van der Waals surface area contributed by atoms with Gasteiger partial charge in [-0.1, -0.05) is 6.92 Å². The standard InChI is InChI=1S/C11H17N3O2/c1-7-4-5-16-10(7)11-13-12-9(6-15)14(11)8-2-3-8/h7-8,10,15H,2-6H2,1H3. The van der Waals surface area contributed by atoms with Crippen molar-refractivity contribution in [2.24, 2.45) is 5.92 Å². The summed E-state index contributed by atoms with van der Waals surface area (Å²) in [4.78, 5) is 0. The second kappa shape index (κ2) is 3.82. The Kier molecular flexibility index (Phi) is 2.44. The Morgan fingerprint density at radius 2 is 2.19 bits per heavy atom. The normalized spacial score (nSPS) is 29.9. The SMILES string of the molecule is CC1CCOC1c1nnc(CO)n1C1CC1. The Morgan fingerprint density at radius 3 is 2.75 bits per heavy atom. The largest absolute Gasteiger partial charge is 0.388 e. The molecule has 3 rings (SSSR count). The van der Waals surface area contributed by atoms with Crippen LogP contribution >= 0.6 is 0 Å². The highest BCUT2D eigenvalue weighted by atomic mass is 16.5. The van der Waals surface area contributed by atoms with Gasteiger partial charge in [-0.3, -0.25) is 0 Å². The number of hydrogen-bond donors (Lipinski definition) is 1. The van der Waals surface area contributed by atoms with E-state index in [4.69, 9.17) is 4.74 Å². The second-order valence-corrected chi connectivity index (χ2v) is 4.79. The molecule has 1 aliphatic heterocycles. The summed E-state index contributed by atoms with van der Waals surface area (Å²) in [5.74, 6) is 2.09. The van der Waals surface area contributed by atoms with Gasteiger partial charge in [0.2, 0.25) is 0 Å². The third kappa shape index (κ3) is 1.55. The lowest BCUT2D eigenvalue weighted by atomic mass is 10.0. The molecule has 2 fully saturated rings. The summed E-state index contributed by atoms with van der Waals surface area (Å²) < 4.78 is 7.81. The lowest BCUT2D eigenvalue weighted by Gasteiger charge is -2.15. The fourth-order valence-electron chi connectivity index (χ4n) is 2.40. The van der Waals surface area contributed by atoms with Crippen molar-refractivity contribution in [2.45, 2.75) is 44.9 Å². The first-order chi connectivity index (χ1) is 7.81. The minimum atomic E-state index is -0.0371. The van der Waals surface area contributed by atoms with Gasteiger partial charge < -0.3 is 14.4 Å². The Hall–Kier alpha value is -0.940. The second-order valence-electron chi connectivity index (χ2n) is 4.79. The number of aliphatic hydroxyl groups is 1. The maximum atomic E-state index is 9.25. The maximum Gasteiger partial charge on any atom is 0.162 e. The van der Waals surface area contributed by atoms with Gasteiger partial charge in [0.05, 0.1) is 0 Å². The van der Waals surface area contributed by atoms with Gasteiger partial charge in [0.25, 0.3) is 0 Å². The average Bonchev–Trinajstić information content (AvgIpc) is 2.90. The predicted octanol–water partition coefficient (Wildman–Crippen LogP) is 1.20. The van der Waals surface area contributed by atoms with Crippen LogP contribution in [0.3, 0.4) is 0 Å². The number of nitrogens with zero attached hydrogens (tertiary/aromatic N) is 3. The number of aromatic nitrogens is 3. The van der Waals surface area contributed by atoms with Crippen LogP contribution in [0, 0.1) is 5.92 Å². The van der Waals surface area contributed by atoms with Crippen molar-refractivity contribution < 1.29 is 9.84 Å². The van der Waals surface area contributed by atoms with Gasteiger partial charge in [-0.15, -0.1) is 10.2 Å². The quantitative estimate of drug-likeness (QED) is 0.836.